The largest absolute Gasteiger partial charge is 0.353 e. The zero-order chi connectivity index (χ0) is 14.7. The van der Waals surface area contributed by atoms with E-state index in [4.69, 9.17) is 13.0 Å². The van der Waals surface area contributed by atoms with E-state index in [0.717, 1.165) is 6.42 Å². The topological polar surface area (TPSA) is 83.5 Å². The fourth-order valence-corrected chi connectivity index (χ4v) is 1.19. The number of nitrogens with one attached hydrogen (secondary N) is 1. The monoisotopic (exact) mass is 305 g/mol. The Morgan fingerprint density at radius 3 is 2.37 bits per heavy atom. The van der Waals surface area contributed by atoms with Gasteiger partial charge in [0.15, 0.2) is 0 Å². The van der Waals surface area contributed by atoms with Crippen LogP contribution in [0.25, 0.3) is 0 Å². The number of allylic oxidation sites excluding steroid dienone is 1. The first-order valence-electron chi connectivity index (χ1n) is 5.44. The predicted octanol–water partition coefficient (Wildman–Crippen LogP) is 1.95. The molecule has 1 rings (SSSR count). The van der Waals surface area contributed by atoms with Crippen molar-refractivity contribution in [2.45, 2.75) is 13.3 Å². The van der Waals surface area contributed by atoms with Crippen molar-refractivity contribution < 1.29 is 17.8 Å². The first-order chi connectivity index (χ1) is 8.83. The lowest BCUT2D eigenvalue weighted by molar-refractivity contribution is -0.116. The van der Waals surface area contributed by atoms with E-state index in [1.54, 1.807) is 6.08 Å². The Bertz CT molecular complexity index is 492. The third kappa shape index (κ3) is 14.6. The lowest BCUT2D eigenvalue weighted by atomic mass is 10.1. The molecule has 106 valence electrons. The molecule has 1 aromatic rings. The van der Waals surface area contributed by atoms with Crippen LogP contribution < -0.4 is 5.32 Å². The van der Waals surface area contributed by atoms with Crippen molar-refractivity contribution in [3.8, 4) is 0 Å². The van der Waals surface area contributed by atoms with Gasteiger partial charge in [0, 0.05) is 17.2 Å². The van der Waals surface area contributed by atoms with Gasteiger partial charge in [-0.3, -0.25) is 9.35 Å². The molecule has 1 amide bonds. The van der Waals surface area contributed by atoms with E-state index in [1.165, 1.54) is 11.6 Å². The van der Waals surface area contributed by atoms with Crippen LogP contribution in [0.2, 0.25) is 0 Å². The molecule has 19 heavy (non-hydrogen) atoms. The predicted molar refractivity (Wildman–Crippen MR) is 75.4 cm³/mol. The van der Waals surface area contributed by atoms with Crippen LogP contribution in [0.3, 0.4) is 0 Å². The average molecular weight is 306 g/mol. The number of hydrogen-bond acceptors (Lipinski definition) is 3. The van der Waals surface area contributed by atoms with Gasteiger partial charge in [0.2, 0.25) is 5.91 Å². The van der Waals surface area contributed by atoms with Crippen LogP contribution in [0, 0.1) is 0 Å². The Balaban J connectivity index is 0.000000555. The van der Waals surface area contributed by atoms with Gasteiger partial charge in [0.1, 0.15) is 0 Å². The highest BCUT2D eigenvalue weighted by Gasteiger charge is 1.94. The van der Waals surface area contributed by atoms with Gasteiger partial charge in [-0.2, -0.15) is 8.42 Å². The molecule has 1 aromatic carbocycles. The van der Waals surface area contributed by atoms with Crippen LogP contribution in [-0.4, -0.2) is 25.4 Å². The summed E-state index contributed by atoms with van der Waals surface area (Å²) in [6.07, 6.45) is 4.15. The van der Waals surface area contributed by atoms with Crippen molar-refractivity contribution in [1.29, 1.82) is 0 Å². The van der Waals surface area contributed by atoms with Crippen molar-refractivity contribution in [3.05, 3.63) is 48.0 Å². The summed E-state index contributed by atoms with van der Waals surface area (Å²) >= 11 is 0. The van der Waals surface area contributed by atoms with Crippen LogP contribution in [-0.2, 0) is 20.5 Å². The van der Waals surface area contributed by atoms with Gasteiger partial charge in [-0.15, -0.1) is 0 Å². The zero-order valence-corrected chi connectivity index (χ0v) is 12.0. The molecule has 0 aliphatic carbocycles. The molecule has 0 bridgehead atoms. The number of carbonyl (C=O) groups is 1. The maximum Gasteiger partial charge on any atom is 0.353 e. The van der Waals surface area contributed by atoms with E-state index >= 15 is 0 Å². The number of benzene rings is 1. The van der Waals surface area contributed by atoms with Gasteiger partial charge in [-0.05, 0) is 25.0 Å². The smallest absolute Gasteiger partial charge is 0.352 e. The minimum absolute atomic E-state index is 0.0246. The maximum atomic E-state index is 11.0. The Hall–Kier alpha value is -1.37. The van der Waals surface area contributed by atoms with Crippen LogP contribution in [0.5, 0.6) is 0 Å². The van der Waals surface area contributed by atoms with Gasteiger partial charge in [-0.1, -0.05) is 36.4 Å². The van der Waals surface area contributed by atoms with Crippen molar-refractivity contribution in [2.75, 3.05) is 6.54 Å². The number of carbonyl (C=O) groups excluding carboxylic acids is 1. The standard InChI is InChI=1S/C12H15NO.ClHO3S/c1-2-6-12(14)13-10-9-11-7-4-3-5-8-11;1-5(2,3)4/h2-8H,9-10H2,1H3,(H,13,14);(H,2,3,4). The Morgan fingerprint density at radius 2 is 1.89 bits per heavy atom. The van der Waals surface area contributed by atoms with Gasteiger partial charge in [-0.25, -0.2) is 0 Å². The molecule has 0 saturated heterocycles. The van der Waals surface area contributed by atoms with Crippen molar-refractivity contribution in [2.24, 2.45) is 0 Å². The fraction of sp³-hybridized carbons (Fsp3) is 0.250. The molecule has 0 spiro atoms. The van der Waals surface area contributed by atoms with Crippen molar-refractivity contribution in [3.63, 3.8) is 0 Å². The highest BCUT2D eigenvalue weighted by molar-refractivity contribution is 8.09. The Kier molecular flexibility index (Phi) is 8.86. The second-order valence-electron chi connectivity index (χ2n) is 3.44. The molecule has 0 aliphatic rings. The van der Waals surface area contributed by atoms with Crippen LogP contribution in [0.1, 0.15) is 12.5 Å². The lowest BCUT2D eigenvalue weighted by Gasteiger charge is -2.01. The molecule has 0 saturated carbocycles. The second kappa shape index (κ2) is 9.55. The summed E-state index contributed by atoms with van der Waals surface area (Å²) in [6, 6.07) is 10.1. The summed E-state index contributed by atoms with van der Waals surface area (Å²) in [6.45, 7) is 2.52. The van der Waals surface area contributed by atoms with Gasteiger partial charge in [0.25, 0.3) is 0 Å². The SMILES string of the molecule is CC=CC(=O)NCCc1ccccc1.O=S(=O)(O)Cl. The quantitative estimate of drug-likeness (QED) is 0.506. The first-order valence-corrected chi connectivity index (χ1v) is 7.71. The minimum atomic E-state index is -4.19. The summed E-state index contributed by atoms with van der Waals surface area (Å²) in [5.41, 5.74) is 1.24. The van der Waals surface area contributed by atoms with E-state index in [2.05, 4.69) is 28.1 Å². The summed E-state index contributed by atoms with van der Waals surface area (Å²) in [5, 5.41) is 2.81. The van der Waals surface area contributed by atoms with Crippen LogP contribution in [0.4, 0.5) is 0 Å². The van der Waals surface area contributed by atoms with Crippen LogP contribution in [0.15, 0.2) is 42.5 Å². The van der Waals surface area contributed by atoms with Crippen molar-refractivity contribution in [1.82, 2.24) is 5.32 Å². The van der Waals surface area contributed by atoms with Gasteiger partial charge in [0.05, 0.1) is 0 Å². The zero-order valence-electron chi connectivity index (χ0n) is 10.4. The molecular weight excluding hydrogens is 290 g/mol. The molecular formula is C12H16ClNO4S. The molecule has 0 atom stereocenters. The van der Waals surface area contributed by atoms with Gasteiger partial charge >= 0.3 is 9.33 Å². The third-order valence-electron chi connectivity index (χ3n) is 1.87. The Morgan fingerprint density at radius 1 is 1.37 bits per heavy atom. The molecule has 0 radical (unpaired) electrons. The van der Waals surface area contributed by atoms with E-state index in [1.807, 2.05) is 25.1 Å². The third-order valence-corrected chi connectivity index (χ3v) is 1.87. The highest BCUT2D eigenvalue weighted by Crippen LogP contribution is 1.97. The van der Waals surface area contributed by atoms with E-state index < -0.39 is 9.33 Å². The molecule has 0 fully saturated rings. The Labute approximate surface area is 117 Å². The summed E-state index contributed by atoms with van der Waals surface area (Å²) in [7, 11) is -0.137. The highest BCUT2D eigenvalue weighted by atomic mass is 35.7. The average Bonchev–Trinajstić information content (AvgIpc) is 2.28. The normalized spacial score (nSPS) is 10.7. The lowest BCUT2D eigenvalue weighted by Crippen LogP contribution is -2.23. The molecule has 0 aliphatic heterocycles. The second-order valence-corrected chi connectivity index (χ2v) is 5.43. The first kappa shape index (κ1) is 17.6. The molecule has 0 heterocycles. The summed E-state index contributed by atoms with van der Waals surface area (Å²) in [4.78, 5) is 11.0. The summed E-state index contributed by atoms with van der Waals surface area (Å²) < 4.78 is 25.2. The molecule has 0 aromatic heterocycles. The summed E-state index contributed by atoms with van der Waals surface area (Å²) in [5.74, 6) is -0.0246. The molecule has 0 unspecified atom stereocenters. The van der Waals surface area contributed by atoms with Gasteiger partial charge < -0.3 is 5.32 Å². The van der Waals surface area contributed by atoms with Crippen molar-refractivity contribution >= 4 is 25.9 Å². The number of rotatable bonds is 4. The molecule has 2 N–H and O–H groups in total. The van der Waals surface area contributed by atoms with E-state index in [0.29, 0.717) is 6.54 Å². The number of hydrogen-bond donors (Lipinski definition) is 2. The molecule has 5 nitrogen and oxygen atoms in total. The fourth-order valence-electron chi connectivity index (χ4n) is 1.19. The van der Waals surface area contributed by atoms with E-state index in [-0.39, 0.29) is 5.91 Å². The minimum Gasteiger partial charge on any atom is -0.352 e. The molecule has 7 heteroatoms. The van der Waals surface area contributed by atoms with Crippen LogP contribution >= 0.6 is 10.7 Å². The van der Waals surface area contributed by atoms with E-state index in [9.17, 15) is 4.79 Å². The number of amides is 1. The maximum absolute atomic E-state index is 11.0. The number of halogens is 1.